The van der Waals surface area contributed by atoms with Crippen LogP contribution in [0.5, 0.6) is 5.75 Å². The van der Waals surface area contributed by atoms with Gasteiger partial charge in [-0.3, -0.25) is 9.48 Å². The van der Waals surface area contributed by atoms with Crippen molar-refractivity contribution in [1.29, 1.82) is 0 Å². The Morgan fingerprint density at radius 3 is 2.67 bits per heavy atom. The van der Waals surface area contributed by atoms with Gasteiger partial charge in [0.1, 0.15) is 12.4 Å². The van der Waals surface area contributed by atoms with E-state index in [1.807, 2.05) is 0 Å². The normalized spacial score (nSPS) is 11.2. The van der Waals surface area contributed by atoms with Crippen LogP contribution in [0.25, 0.3) is 6.08 Å². The Kier molecular flexibility index (Phi) is 4.81. The second-order valence-corrected chi connectivity index (χ2v) is 4.37. The summed E-state index contributed by atoms with van der Waals surface area (Å²) in [6.07, 6.45) is 3.71. The summed E-state index contributed by atoms with van der Waals surface area (Å²) >= 11 is 0. The average Bonchev–Trinajstić information content (AvgIpc) is 2.90. The molecule has 0 aliphatic carbocycles. The van der Waals surface area contributed by atoms with Gasteiger partial charge >= 0.3 is 0 Å². The predicted molar refractivity (Wildman–Crippen MR) is 74.5 cm³/mol. The number of ether oxygens (including phenoxy) is 1. The van der Waals surface area contributed by atoms with Gasteiger partial charge in [0.15, 0.2) is 5.78 Å². The standard InChI is InChI=1S/C15H14F2N2O2/c1-19-9-12(8-18-19)14(20)7-4-11-2-5-13(6-3-11)21-10-15(16)17/h2-9,15H,10H2,1H3/b7-4+. The van der Waals surface area contributed by atoms with E-state index in [4.69, 9.17) is 4.74 Å². The first kappa shape index (κ1) is 14.9. The van der Waals surface area contributed by atoms with Crippen LogP contribution in [0.1, 0.15) is 15.9 Å². The van der Waals surface area contributed by atoms with E-state index in [1.165, 1.54) is 12.3 Å². The number of hydrogen-bond donors (Lipinski definition) is 0. The quantitative estimate of drug-likeness (QED) is 0.607. The molecule has 1 aromatic carbocycles. The van der Waals surface area contributed by atoms with Gasteiger partial charge in [0, 0.05) is 13.2 Å². The fourth-order valence-electron chi connectivity index (χ4n) is 1.65. The molecule has 1 aromatic heterocycles. The molecule has 0 spiro atoms. The Morgan fingerprint density at radius 2 is 2.10 bits per heavy atom. The van der Waals surface area contributed by atoms with Crippen LogP contribution in [0.15, 0.2) is 42.7 Å². The Bertz CT molecular complexity index is 633. The fourth-order valence-corrected chi connectivity index (χ4v) is 1.65. The summed E-state index contributed by atoms with van der Waals surface area (Å²) in [5.41, 5.74) is 1.28. The maximum absolute atomic E-state index is 12.0. The first-order valence-corrected chi connectivity index (χ1v) is 6.26. The highest BCUT2D eigenvalue weighted by Gasteiger charge is 2.04. The number of benzene rings is 1. The van der Waals surface area contributed by atoms with Crippen molar-refractivity contribution < 1.29 is 18.3 Å². The minimum atomic E-state index is -2.50. The van der Waals surface area contributed by atoms with Crippen molar-refractivity contribution in [2.45, 2.75) is 6.43 Å². The van der Waals surface area contributed by atoms with E-state index in [0.717, 1.165) is 5.56 Å². The molecule has 0 bridgehead atoms. The van der Waals surface area contributed by atoms with Gasteiger partial charge in [-0.15, -0.1) is 0 Å². The van der Waals surface area contributed by atoms with Crippen LogP contribution in [0.4, 0.5) is 8.78 Å². The number of aryl methyl sites for hydroxylation is 1. The van der Waals surface area contributed by atoms with Crippen LogP contribution in [-0.4, -0.2) is 28.6 Å². The van der Waals surface area contributed by atoms with Gasteiger partial charge in [-0.1, -0.05) is 18.2 Å². The van der Waals surface area contributed by atoms with Crippen molar-refractivity contribution in [3.8, 4) is 5.75 Å². The highest BCUT2D eigenvalue weighted by Crippen LogP contribution is 2.14. The molecule has 0 N–H and O–H groups in total. The topological polar surface area (TPSA) is 44.1 Å². The Balaban J connectivity index is 1.96. The van der Waals surface area contributed by atoms with Crippen LogP contribution in [0, 0.1) is 0 Å². The fraction of sp³-hybridized carbons (Fsp3) is 0.200. The molecule has 21 heavy (non-hydrogen) atoms. The van der Waals surface area contributed by atoms with Crippen molar-refractivity contribution in [2.75, 3.05) is 6.61 Å². The number of halogens is 2. The number of ketones is 1. The van der Waals surface area contributed by atoms with Gasteiger partial charge in [0.25, 0.3) is 6.43 Å². The number of carbonyl (C=O) groups excluding carboxylic acids is 1. The van der Waals surface area contributed by atoms with E-state index in [9.17, 15) is 13.6 Å². The zero-order valence-electron chi connectivity index (χ0n) is 11.4. The molecule has 0 atom stereocenters. The number of nitrogens with zero attached hydrogens (tertiary/aromatic N) is 2. The molecule has 6 heteroatoms. The summed E-state index contributed by atoms with van der Waals surface area (Å²) in [6.45, 7) is -0.630. The number of allylic oxidation sites excluding steroid dienone is 1. The second kappa shape index (κ2) is 6.78. The van der Waals surface area contributed by atoms with Gasteiger partial charge in [-0.25, -0.2) is 8.78 Å². The number of rotatable bonds is 6. The summed E-state index contributed by atoms with van der Waals surface area (Å²) in [7, 11) is 1.73. The van der Waals surface area contributed by atoms with E-state index in [-0.39, 0.29) is 5.78 Å². The molecule has 0 unspecified atom stereocenters. The molecule has 0 saturated heterocycles. The van der Waals surface area contributed by atoms with E-state index in [2.05, 4.69) is 5.10 Å². The molecule has 0 amide bonds. The molecule has 0 saturated carbocycles. The predicted octanol–water partition coefficient (Wildman–Crippen LogP) is 2.96. The third-order valence-electron chi connectivity index (χ3n) is 2.67. The lowest BCUT2D eigenvalue weighted by atomic mass is 10.1. The van der Waals surface area contributed by atoms with E-state index in [1.54, 1.807) is 48.3 Å². The maximum atomic E-state index is 12.0. The van der Waals surface area contributed by atoms with Gasteiger partial charge in [0.2, 0.25) is 0 Å². The molecule has 0 aliphatic heterocycles. The van der Waals surface area contributed by atoms with Gasteiger partial charge in [-0.2, -0.15) is 5.10 Å². The minimum absolute atomic E-state index is 0.152. The third-order valence-corrected chi connectivity index (χ3v) is 2.67. The molecule has 0 radical (unpaired) electrons. The molecule has 0 fully saturated rings. The molecular weight excluding hydrogens is 278 g/mol. The van der Waals surface area contributed by atoms with Crippen molar-refractivity contribution in [1.82, 2.24) is 9.78 Å². The van der Waals surface area contributed by atoms with Crippen LogP contribution < -0.4 is 4.74 Å². The van der Waals surface area contributed by atoms with Crippen LogP contribution in [-0.2, 0) is 7.05 Å². The summed E-state index contributed by atoms with van der Waals surface area (Å²) in [5.74, 6) is 0.215. The first-order valence-electron chi connectivity index (χ1n) is 6.26. The Labute approximate surface area is 120 Å². The van der Waals surface area contributed by atoms with Crippen molar-refractivity contribution in [3.05, 3.63) is 53.9 Å². The average molecular weight is 292 g/mol. The Morgan fingerprint density at radius 1 is 1.38 bits per heavy atom. The lowest BCUT2D eigenvalue weighted by molar-refractivity contribution is 0.0819. The zero-order chi connectivity index (χ0) is 15.2. The SMILES string of the molecule is Cn1cc(C(=O)/C=C/c2ccc(OCC(F)F)cc2)cn1. The number of hydrogen-bond acceptors (Lipinski definition) is 3. The van der Waals surface area contributed by atoms with E-state index >= 15 is 0 Å². The first-order chi connectivity index (χ1) is 10.0. The maximum Gasteiger partial charge on any atom is 0.272 e. The van der Waals surface area contributed by atoms with Gasteiger partial charge in [-0.05, 0) is 23.8 Å². The zero-order valence-corrected chi connectivity index (χ0v) is 11.4. The number of alkyl halides is 2. The Hall–Kier alpha value is -2.50. The highest BCUT2D eigenvalue weighted by atomic mass is 19.3. The van der Waals surface area contributed by atoms with Gasteiger partial charge < -0.3 is 4.74 Å². The largest absolute Gasteiger partial charge is 0.488 e. The molecular formula is C15H14F2N2O2. The summed E-state index contributed by atoms with van der Waals surface area (Å²) in [6, 6.07) is 6.54. The van der Waals surface area contributed by atoms with E-state index < -0.39 is 13.0 Å². The van der Waals surface area contributed by atoms with Crippen LogP contribution in [0.3, 0.4) is 0 Å². The van der Waals surface area contributed by atoms with Gasteiger partial charge in [0.05, 0.1) is 11.8 Å². The lowest BCUT2D eigenvalue weighted by Crippen LogP contribution is -2.06. The summed E-state index contributed by atoms with van der Waals surface area (Å²) < 4.78 is 30.4. The van der Waals surface area contributed by atoms with Crippen molar-refractivity contribution in [3.63, 3.8) is 0 Å². The second-order valence-electron chi connectivity index (χ2n) is 4.37. The van der Waals surface area contributed by atoms with Crippen LogP contribution >= 0.6 is 0 Å². The summed E-state index contributed by atoms with van der Waals surface area (Å²) in [4.78, 5) is 11.8. The lowest BCUT2D eigenvalue weighted by Gasteiger charge is -2.04. The monoisotopic (exact) mass is 292 g/mol. The van der Waals surface area contributed by atoms with Crippen LogP contribution in [0.2, 0.25) is 0 Å². The van der Waals surface area contributed by atoms with E-state index in [0.29, 0.717) is 11.3 Å². The smallest absolute Gasteiger partial charge is 0.272 e. The minimum Gasteiger partial charge on any atom is -0.488 e. The highest BCUT2D eigenvalue weighted by molar-refractivity contribution is 6.06. The third kappa shape index (κ3) is 4.52. The molecule has 110 valence electrons. The molecule has 4 nitrogen and oxygen atoms in total. The molecule has 2 aromatic rings. The molecule has 2 rings (SSSR count). The number of aromatic nitrogens is 2. The van der Waals surface area contributed by atoms with Crippen molar-refractivity contribution in [2.24, 2.45) is 7.05 Å². The van der Waals surface area contributed by atoms with Crippen molar-refractivity contribution >= 4 is 11.9 Å². The summed E-state index contributed by atoms with van der Waals surface area (Å²) in [5, 5.41) is 3.92. The molecule has 1 heterocycles. The number of carbonyl (C=O) groups is 1. The molecule has 0 aliphatic rings.